The van der Waals surface area contributed by atoms with Gasteiger partial charge < -0.3 is 11.1 Å². The Morgan fingerprint density at radius 2 is 1.95 bits per heavy atom. The number of hydrogen-bond donors (Lipinski definition) is 2. The SMILES string of the molecule is CC(=O)c1cc(Nc2cccc(C#N)c2)ccc1N. The lowest BCUT2D eigenvalue weighted by atomic mass is 10.1. The molecule has 0 radical (unpaired) electrons. The summed E-state index contributed by atoms with van der Waals surface area (Å²) in [4.78, 5) is 11.4. The normalized spacial score (nSPS) is 9.68. The highest BCUT2D eigenvalue weighted by molar-refractivity contribution is 6.00. The van der Waals surface area contributed by atoms with Crippen molar-refractivity contribution in [3.8, 4) is 6.07 Å². The summed E-state index contributed by atoms with van der Waals surface area (Å²) in [7, 11) is 0. The summed E-state index contributed by atoms with van der Waals surface area (Å²) in [6, 6.07) is 14.4. The van der Waals surface area contributed by atoms with Crippen LogP contribution in [0.2, 0.25) is 0 Å². The van der Waals surface area contributed by atoms with Crippen LogP contribution in [0, 0.1) is 11.3 Å². The van der Waals surface area contributed by atoms with Crippen LogP contribution in [0.25, 0.3) is 0 Å². The molecule has 2 rings (SSSR count). The third-order valence-corrected chi connectivity index (χ3v) is 2.71. The van der Waals surface area contributed by atoms with Crippen molar-refractivity contribution in [2.24, 2.45) is 0 Å². The molecular weight excluding hydrogens is 238 g/mol. The Balaban J connectivity index is 2.31. The van der Waals surface area contributed by atoms with Gasteiger partial charge in [-0.2, -0.15) is 5.26 Å². The largest absolute Gasteiger partial charge is 0.398 e. The van der Waals surface area contributed by atoms with E-state index in [0.717, 1.165) is 11.4 Å². The third-order valence-electron chi connectivity index (χ3n) is 2.71. The molecule has 0 saturated carbocycles. The number of nitrogens with zero attached hydrogens (tertiary/aromatic N) is 1. The molecule has 0 heterocycles. The van der Waals surface area contributed by atoms with E-state index in [-0.39, 0.29) is 5.78 Å². The van der Waals surface area contributed by atoms with E-state index in [4.69, 9.17) is 11.0 Å². The molecule has 4 nitrogen and oxygen atoms in total. The summed E-state index contributed by atoms with van der Waals surface area (Å²) in [6.45, 7) is 1.48. The van der Waals surface area contributed by atoms with Gasteiger partial charge in [0.05, 0.1) is 11.6 Å². The van der Waals surface area contributed by atoms with E-state index in [2.05, 4.69) is 11.4 Å². The number of ketones is 1. The second kappa shape index (κ2) is 5.23. The fourth-order valence-corrected chi connectivity index (χ4v) is 1.77. The summed E-state index contributed by atoms with van der Waals surface area (Å²) in [5, 5.41) is 12.0. The van der Waals surface area contributed by atoms with Gasteiger partial charge in [-0.05, 0) is 43.3 Å². The lowest BCUT2D eigenvalue weighted by molar-refractivity contribution is 0.101. The van der Waals surface area contributed by atoms with Crippen LogP contribution >= 0.6 is 0 Å². The summed E-state index contributed by atoms with van der Waals surface area (Å²) < 4.78 is 0. The Morgan fingerprint density at radius 3 is 2.63 bits per heavy atom. The molecule has 0 atom stereocenters. The minimum Gasteiger partial charge on any atom is -0.398 e. The molecule has 0 aromatic heterocycles. The van der Waals surface area contributed by atoms with Crippen molar-refractivity contribution in [1.82, 2.24) is 0 Å². The van der Waals surface area contributed by atoms with Crippen molar-refractivity contribution in [3.63, 3.8) is 0 Å². The number of hydrogen-bond acceptors (Lipinski definition) is 4. The van der Waals surface area contributed by atoms with Crippen LogP contribution in [-0.2, 0) is 0 Å². The molecule has 0 spiro atoms. The zero-order valence-corrected chi connectivity index (χ0v) is 10.5. The maximum absolute atomic E-state index is 11.4. The predicted octanol–water partition coefficient (Wildman–Crippen LogP) is 3.09. The number of nitrogens with one attached hydrogen (secondary N) is 1. The van der Waals surface area contributed by atoms with Crippen LogP contribution in [0.3, 0.4) is 0 Å². The number of carbonyl (C=O) groups is 1. The maximum atomic E-state index is 11.4. The molecule has 0 aliphatic carbocycles. The molecule has 0 saturated heterocycles. The van der Waals surface area contributed by atoms with Crippen LogP contribution in [0.1, 0.15) is 22.8 Å². The van der Waals surface area contributed by atoms with Gasteiger partial charge in [0.2, 0.25) is 0 Å². The second-order valence-electron chi connectivity index (χ2n) is 4.18. The number of carbonyl (C=O) groups excluding carboxylic acids is 1. The van der Waals surface area contributed by atoms with Crippen molar-refractivity contribution < 1.29 is 4.79 Å². The van der Waals surface area contributed by atoms with Crippen LogP contribution in [-0.4, -0.2) is 5.78 Å². The quantitative estimate of drug-likeness (QED) is 0.649. The van der Waals surface area contributed by atoms with Gasteiger partial charge in [-0.1, -0.05) is 6.07 Å². The van der Waals surface area contributed by atoms with Crippen molar-refractivity contribution in [3.05, 3.63) is 53.6 Å². The van der Waals surface area contributed by atoms with Gasteiger partial charge in [0.15, 0.2) is 5.78 Å². The smallest absolute Gasteiger partial charge is 0.161 e. The first-order chi connectivity index (χ1) is 9.10. The number of Topliss-reactive ketones (excluding diaryl/α,β-unsaturated/α-hetero) is 1. The number of nitrogen functional groups attached to an aromatic ring is 1. The zero-order valence-electron chi connectivity index (χ0n) is 10.5. The topological polar surface area (TPSA) is 78.9 Å². The van der Waals surface area contributed by atoms with Crippen LogP contribution in [0.5, 0.6) is 0 Å². The summed E-state index contributed by atoms with van der Waals surface area (Å²) in [5.41, 5.74) is 8.81. The Kier molecular flexibility index (Phi) is 3.48. The highest BCUT2D eigenvalue weighted by atomic mass is 16.1. The van der Waals surface area contributed by atoms with E-state index >= 15 is 0 Å². The number of nitrogens with two attached hydrogens (primary N) is 1. The lowest BCUT2D eigenvalue weighted by Gasteiger charge is -2.09. The molecule has 0 aliphatic rings. The monoisotopic (exact) mass is 251 g/mol. The highest BCUT2D eigenvalue weighted by Gasteiger charge is 2.06. The first-order valence-electron chi connectivity index (χ1n) is 5.78. The molecule has 0 bridgehead atoms. The van der Waals surface area contributed by atoms with Crippen LogP contribution in [0.15, 0.2) is 42.5 Å². The first-order valence-corrected chi connectivity index (χ1v) is 5.78. The van der Waals surface area contributed by atoms with Crippen molar-refractivity contribution in [2.45, 2.75) is 6.92 Å². The highest BCUT2D eigenvalue weighted by Crippen LogP contribution is 2.22. The van der Waals surface area contributed by atoms with Gasteiger partial charge in [0.1, 0.15) is 0 Å². The van der Waals surface area contributed by atoms with E-state index in [1.165, 1.54) is 6.92 Å². The molecule has 0 fully saturated rings. The van der Waals surface area contributed by atoms with Crippen molar-refractivity contribution in [2.75, 3.05) is 11.1 Å². The van der Waals surface area contributed by atoms with E-state index in [1.807, 2.05) is 6.07 Å². The predicted molar refractivity (Wildman–Crippen MR) is 75.3 cm³/mol. The molecule has 4 heteroatoms. The van der Waals surface area contributed by atoms with Gasteiger partial charge in [-0.25, -0.2) is 0 Å². The zero-order chi connectivity index (χ0) is 13.8. The number of benzene rings is 2. The summed E-state index contributed by atoms with van der Waals surface area (Å²) in [6.07, 6.45) is 0. The van der Waals surface area contributed by atoms with E-state index in [0.29, 0.717) is 16.8 Å². The second-order valence-corrected chi connectivity index (χ2v) is 4.18. The number of rotatable bonds is 3. The standard InChI is InChI=1S/C15H13N3O/c1-10(19)14-8-13(5-6-15(14)17)18-12-4-2-3-11(7-12)9-16/h2-8,18H,17H2,1H3. The minimum atomic E-state index is -0.0769. The molecule has 0 aliphatic heterocycles. The molecular formula is C15H13N3O. The number of anilines is 3. The third kappa shape index (κ3) is 2.90. The summed E-state index contributed by atoms with van der Waals surface area (Å²) in [5.74, 6) is -0.0769. The Bertz CT molecular complexity index is 671. The fourth-order valence-electron chi connectivity index (χ4n) is 1.77. The van der Waals surface area contributed by atoms with Gasteiger partial charge in [0, 0.05) is 22.6 Å². The molecule has 94 valence electrons. The van der Waals surface area contributed by atoms with Gasteiger partial charge >= 0.3 is 0 Å². The van der Waals surface area contributed by atoms with Crippen molar-refractivity contribution in [1.29, 1.82) is 5.26 Å². The van der Waals surface area contributed by atoms with Gasteiger partial charge in [-0.15, -0.1) is 0 Å². The van der Waals surface area contributed by atoms with E-state index in [9.17, 15) is 4.79 Å². The average Bonchev–Trinajstić information content (AvgIpc) is 2.41. The fraction of sp³-hybridized carbons (Fsp3) is 0.0667. The Hall–Kier alpha value is -2.80. The minimum absolute atomic E-state index is 0.0769. The molecule has 3 N–H and O–H groups in total. The number of nitriles is 1. The van der Waals surface area contributed by atoms with E-state index in [1.54, 1.807) is 36.4 Å². The lowest BCUT2D eigenvalue weighted by Crippen LogP contribution is -2.01. The molecule has 19 heavy (non-hydrogen) atoms. The average molecular weight is 251 g/mol. The Labute approximate surface area is 111 Å². The maximum Gasteiger partial charge on any atom is 0.161 e. The molecule has 2 aromatic carbocycles. The Morgan fingerprint density at radius 1 is 1.21 bits per heavy atom. The van der Waals surface area contributed by atoms with Crippen LogP contribution < -0.4 is 11.1 Å². The molecule has 2 aromatic rings. The van der Waals surface area contributed by atoms with E-state index < -0.39 is 0 Å². The van der Waals surface area contributed by atoms with Crippen molar-refractivity contribution >= 4 is 22.8 Å². The molecule has 0 unspecified atom stereocenters. The first kappa shape index (κ1) is 12.7. The molecule has 0 amide bonds. The van der Waals surface area contributed by atoms with Gasteiger partial charge in [0.25, 0.3) is 0 Å². The summed E-state index contributed by atoms with van der Waals surface area (Å²) >= 11 is 0. The van der Waals surface area contributed by atoms with Gasteiger partial charge in [-0.3, -0.25) is 4.79 Å². The van der Waals surface area contributed by atoms with Crippen LogP contribution in [0.4, 0.5) is 17.1 Å².